The van der Waals surface area contributed by atoms with E-state index in [0.717, 1.165) is 41.5 Å². The van der Waals surface area contributed by atoms with Crippen LogP contribution < -0.4 is 5.43 Å². The molecule has 2 saturated carbocycles. The number of carbonyl (C=O) groups excluding carboxylic acids is 1. The first kappa shape index (κ1) is 24.5. The van der Waals surface area contributed by atoms with Crippen molar-refractivity contribution >= 4 is 33.1 Å². The predicted molar refractivity (Wildman–Crippen MR) is 137 cm³/mol. The number of H-pyrrole nitrogens is 1. The molecule has 0 saturated heterocycles. The molecule has 2 atom stereocenters. The molecule has 3 aliphatic carbocycles. The maximum Gasteiger partial charge on any atom is 0.264 e. The Morgan fingerprint density at radius 3 is 2.86 bits per heavy atom. The zero-order valence-electron chi connectivity index (χ0n) is 20.5. The minimum Gasteiger partial charge on any atom is -0.309 e. The third kappa shape index (κ3) is 4.20. The lowest BCUT2D eigenvalue weighted by atomic mass is 9.60. The fourth-order valence-corrected chi connectivity index (χ4v) is 7.29. The van der Waals surface area contributed by atoms with Gasteiger partial charge in [0.1, 0.15) is 5.69 Å². The molecule has 0 spiro atoms. The third-order valence-corrected chi connectivity index (χ3v) is 9.26. The van der Waals surface area contributed by atoms with Crippen LogP contribution in [0, 0.1) is 17.7 Å². The molecule has 36 heavy (non-hydrogen) atoms. The smallest absolute Gasteiger partial charge is 0.264 e. The standard InChI is InChI=1S/C25H31N7O3S/c1-3-28-31-23(14-26)36(34,35)32(19-6-7-19)20-5-4-18-11-21-17(15-29-30-21)12-25(18,13-20)24(33)22-10-16(2)8-9-27-22/h8-11,14-15,19-20,26,28H,3-7,12-13H2,1-2H3,(H,29,30)/b26-14?,31-23+/t20-,25-/m0/s1. The molecule has 0 aromatic carbocycles. The number of rotatable bonds is 8. The van der Waals surface area contributed by atoms with Gasteiger partial charge in [-0.15, -0.1) is 0 Å². The SMILES string of the molecule is CCN/N=C(\C=N)S(=O)(=O)N(C1CC1)[C@H]1CCC2=Cc3[nH]ncc3C[C@]2(C(=O)c2cc(C)ccn2)C1. The first-order valence-electron chi connectivity index (χ1n) is 12.4. The highest BCUT2D eigenvalue weighted by atomic mass is 32.2. The maximum atomic E-state index is 14.2. The molecule has 2 aromatic rings. The molecular formula is C25H31N7O3S. The zero-order chi connectivity index (χ0) is 25.5. The quantitative estimate of drug-likeness (QED) is 0.216. The van der Waals surface area contributed by atoms with Gasteiger partial charge in [0.25, 0.3) is 10.0 Å². The number of aromatic nitrogens is 3. The molecule has 2 aromatic heterocycles. The largest absolute Gasteiger partial charge is 0.309 e. The average molecular weight is 510 g/mol. The topological polar surface area (TPSA) is 144 Å². The van der Waals surface area contributed by atoms with Crippen LogP contribution in [-0.2, 0) is 16.4 Å². The van der Waals surface area contributed by atoms with Crippen molar-refractivity contribution in [2.24, 2.45) is 10.5 Å². The highest BCUT2D eigenvalue weighted by molar-refractivity contribution is 8.06. The molecule has 0 aliphatic heterocycles. The lowest BCUT2D eigenvalue weighted by Crippen LogP contribution is -2.52. The van der Waals surface area contributed by atoms with Crippen LogP contribution in [0.1, 0.15) is 66.3 Å². The third-order valence-electron chi connectivity index (χ3n) is 7.37. The number of pyridine rings is 1. The van der Waals surface area contributed by atoms with Gasteiger partial charge in [0.05, 0.1) is 23.5 Å². The van der Waals surface area contributed by atoms with Crippen molar-refractivity contribution in [1.82, 2.24) is 24.9 Å². The Kier molecular flexibility index (Phi) is 6.37. The number of aromatic amines is 1. The number of allylic oxidation sites excluding steroid dienone is 1. The van der Waals surface area contributed by atoms with E-state index in [2.05, 4.69) is 25.7 Å². The lowest BCUT2D eigenvalue weighted by molar-refractivity contribution is 0.0734. The summed E-state index contributed by atoms with van der Waals surface area (Å²) < 4.78 is 29.0. The van der Waals surface area contributed by atoms with Crippen LogP contribution in [-0.4, -0.2) is 63.6 Å². The summed E-state index contributed by atoms with van der Waals surface area (Å²) in [6, 6.07) is 3.12. The van der Waals surface area contributed by atoms with Crippen molar-refractivity contribution in [2.75, 3.05) is 6.54 Å². The number of nitrogens with zero attached hydrogens (tertiary/aromatic N) is 4. The van der Waals surface area contributed by atoms with Gasteiger partial charge in [0.15, 0.2) is 5.78 Å². The predicted octanol–water partition coefficient (Wildman–Crippen LogP) is 2.84. The summed E-state index contributed by atoms with van der Waals surface area (Å²) in [7, 11) is -4.02. The van der Waals surface area contributed by atoms with E-state index in [1.807, 2.05) is 26.0 Å². The molecule has 3 aliphatic rings. The number of Topliss-reactive ketones (excluding diaryl/α,β-unsaturated/α-hetero) is 1. The fourth-order valence-electron chi connectivity index (χ4n) is 5.57. The van der Waals surface area contributed by atoms with Gasteiger partial charge in [0.2, 0.25) is 5.04 Å². The summed E-state index contributed by atoms with van der Waals surface area (Å²) in [4.78, 5) is 18.6. The first-order valence-corrected chi connectivity index (χ1v) is 13.8. The highest BCUT2D eigenvalue weighted by Crippen LogP contribution is 2.51. The van der Waals surface area contributed by atoms with E-state index in [4.69, 9.17) is 5.41 Å². The Morgan fingerprint density at radius 2 is 2.17 bits per heavy atom. The summed E-state index contributed by atoms with van der Waals surface area (Å²) in [6.45, 7) is 4.19. The van der Waals surface area contributed by atoms with Crippen LogP contribution in [0.2, 0.25) is 0 Å². The van der Waals surface area contributed by atoms with Gasteiger partial charge in [-0.1, -0.05) is 5.57 Å². The molecule has 2 fully saturated rings. The monoisotopic (exact) mass is 509 g/mol. The second kappa shape index (κ2) is 9.36. The van der Waals surface area contributed by atoms with Gasteiger partial charge in [-0.05, 0) is 81.7 Å². The van der Waals surface area contributed by atoms with Gasteiger partial charge in [-0.2, -0.15) is 14.5 Å². The highest BCUT2D eigenvalue weighted by Gasteiger charge is 2.53. The Balaban J connectivity index is 1.57. The van der Waals surface area contributed by atoms with Crippen molar-refractivity contribution in [1.29, 1.82) is 5.41 Å². The van der Waals surface area contributed by atoms with Crippen molar-refractivity contribution in [2.45, 2.75) is 64.5 Å². The van der Waals surface area contributed by atoms with Crippen LogP contribution in [0.25, 0.3) is 6.08 Å². The second-order valence-corrected chi connectivity index (χ2v) is 11.6. The van der Waals surface area contributed by atoms with E-state index in [1.165, 1.54) is 4.31 Å². The van der Waals surface area contributed by atoms with E-state index in [1.54, 1.807) is 18.5 Å². The number of hydrogen-bond acceptors (Lipinski definition) is 8. The summed E-state index contributed by atoms with van der Waals surface area (Å²) in [5.41, 5.74) is 5.94. The number of aryl methyl sites for hydroxylation is 1. The van der Waals surface area contributed by atoms with Crippen molar-refractivity contribution in [3.63, 3.8) is 0 Å². The van der Waals surface area contributed by atoms with Gasteiger partial charge in [-0.25, -0.2) is 8.42 Å². The van der Waals surface area contributed by atoms with Crippen LogP contribution in [0.5, 0.6) is 0 Å². The van der Waals surface area contributed by atoms with E-state index in [0.29, 0.717) is 37.9 Å². The number of ketones is 1. The Hall–Kier alpha value is -3.18. The Labute approximate surface area is 210 Å². The van der Waals surface area contributed by atoms with Crippen LogP contribution >= 0.6 is 0 Å². The lowest BCUT2D eigenvalue weighted by Gasteiger charge is -2.46. The van der Waals surface area contributed by atoms with Gasteiger partial charge in [-0.3, -0.25) is 14.9 Å². The molecule has 0 bridgehead atoms. The van der Waals surface area contributed by atoms with Gasteiger partial charge in [0, 0.05) is 24.8 Å². The maximum absolute atomic E-state index is 14.2. The summed E-state index contributed by atoms with van der Waals surface area (Å²) in [6.07, 6.45) is 9.68. The van der Waals surface area contributed by atoms with E-state index >= 15 is 0 Å². The van der Waals surface area contributed by atoms with E-state index < -0.39 is 21.5 Å². The van der Waals surface area contributed by atoms with Crippen LogP contribution in [0.4, 0.5) is 0 Å². The van der Waals surface area contributed by atoms with Crippen molar-refractivity contribution in [3.05, 3.63) is 52.6 Å². The molecule has 10 nitrogen and oxygen atoms in total. The first-order chi connectivity index (χ1) is 17.3. The summed E-state index contributed by atoms with van der Waals surface area (Å²) >= 11 is 0. The number of fused-ring (bicyclic) bond motifs is 2. The molecular weight excluding hydrogens is 478 g/mol. The molecule has 5 rings (SSSR count). The van der Waals surface area contributed by atoms with Crippen LogP contribution in [0.15, 0.2) is 35.2 Å². The molecule has 3 N–H and O–H groups in total. The minimum absolute atomic E-state index is 0.0873. The Bertz CT molecular complexity index is 1360. The summed E-state index contributed by atoms with van der Waals surface area (Å²) in [5.74, 6) is -0.0873. The average Bonchev–Trinajstić information content (AvgIpc) is 3.58. The van der Waals surface area contributed by atoms with Gasteiger partial charge < -0.3 is 10.8 Å². The Morgan fingerprint density at radius 1 is 1.36 bits per heavy atom. The molecule has 0 radical (unpaired) electrons. The van der Waals surface area contributed by atoms with Crippen molar-refractivity contribution in [3.8, 4) is 0 Å². The van der Waals surface area contributed by atoms with E-state index in [9.17, 15) is 13.2 Å². The number of hydrogen-bond donors (Lipinski definition) is 3. The summed E-state index contributed by atoms with van der Waals surface area (Å²) in [5, 5.41) is 18.6. The second-order valence-electron chi connectivity index (χ2n) is 9.85. The normalized spacial score (nSPS) is 24.0. The molecule has 2 heterocycles. The molecule has 11 heteroatoms. The fraction of sp³-hybridized carbons (Fsp3) is 0.480. The van der Waals surface area contributed by atoms with Crippen molar-refractivity contribution < 1.29 is 13.2 Å². The number of hydrazone groups is 1. The number of carbonyl (C=O) groups is 1. The number of nitrogens with one attached hydrogen (secondary N) is 3. The minimum atomic E-state index is -4.02. The molecule has 190 valence electrons. The zero-order valence-corrected chi connectivity index (χ0v) is 21.3. The van der Waals surface area contributed by atoms with E-state index in [-0.39, 0.29) is 16.9 Å². The van der Waals surface area contributed by atoms with Gasteiger partial charge >= 0.3 is 0 Å². The van der Waals surface area contributed by atoms with Crippen LogP contribution in [0.3, 0.4) is 0 Å². The number of sulfonamides is 1. The molecule has 0 amide bonds. The molecule has 0 unspecified atom stereocenters.